The van der Waals surface area contributed by atoms with Gasteiger partial charge >= 0.3 is 6.16 Å². The summed E-state index contributed by atoms with van der Waals surface area (Å²) in [5.74, 6) is -1.21. The van der Waals surface area contributed by atoms with Crippen molar-refractivity contribution in [3.8, 4) is 6.07 Å². The number of nitrogens with zero attached hydrogens (tertiary/aromatic N) is 1. The molecule has 1 aliphatic carbocycles. The molecule has 0 aromatic carbocycles. The van der Waals surface area contributed by atoms with E-state index in [1.165, 1.54) is 0 Å². The van der Waals surface area contributed by atoms with Gasteiger partial charge in [-0.3, -0.25) is 0 Å². The van der Waals surface area contributed by atoms with Crippen molar-refractivity contribution in [2.45, 2.75) is 57.8 Å². The maximum Gasteiger partial charge on any atom is 0.510 e. The van der Waals surface area contributed by atoms with Crippen molar-refractivity contribution in [2.24, 2.45) is 0 Å². The smallest absolute Gasteiger partial charge is 0.435 e. The number of rotatable bonds is 6. The van der Waals surface area contributed by atoms with Crippen molar-refractivity contribution in [1.29, 1.82) is 5.26 Å². The summed E-state index contributed by atoms with van der Waals surface area (Å²) in [4.78, 5) is 11.7. The molecule has 0 aromatic heterocycles. The molecule has 6 heteroatoms. The fourth-order valence-corrected chi connectivity index (χ4v) is 2.59. The summed E-state index contributed by atoms with van der Waals surface area (Å²) in [6.07, 6.45) is 1.66. The number of ether oxygens (including phenoxy) is 4. The Morgan fingerprint density at radius 1 is 1.10 bits per heavy atom. The lowest BCUT2D eigenvalue weighted by Crippen LogP contribution is -2.61. The quantitative estimate of drug-likeness (QED) is 0.551. The van der Waals surface area contributed by atoms with E-state index in [1.54, 1.807) is 6.92 Å². The van der Waals surface area contributed by atoms with Crippen LogP contribution < -0.4 is 0 Å². The van der Waals surface area contributed by atoms with E-state index in [4.69, 9.17) is 18.9 Å². The Balaban J connectivity index is 3.07. The second-order valence-electron chi connectivity index (χ2n) is 4.55. The first-order valence-electron chi connectivity index (χ1n) is 7.14. The van der Waals surface area contributed by atoms with Gasteiger partial charge in [-0.15, -0.1) is 0 Å². The van der Waals surface area contributed by atoms with E-state index >= 15 is 0 Å². The number of carbonyl (C=O) groups excluding carboxylic acids is 1. The minimum Gasteiger partial charge on any atom is -0.435 e. The summed E-state index contributed by atoms with van der Waals surface area (Å²) in [6.45, 7) is 6.26. The van der Waals surface area contributed by atoms with Gasteiger partial charge in [0.25, 0.3) is 5.60 Å². The third kappa shape index (κ3) is 3.22. The van der Waals surface area contributed by atoms with Gasteiger partial charge in [-0.05, 0) is 33.6 Å². The summed E-state index contributed by atoms with van der Waals surface area (Å²) >= 11 is 0. The van der Waals surface area contributed by atoms with Gasteiger partial charge in [0.15, 0.2) is 0 Å². The highest BCUT2D eigenvalue weighted by Crippen LogP contribution is 2.43. The molecule has 1 rings (SSSR count). The van der Waals surface area contributed by atoms with Gasteiger partial charge in [-0.2, -0.15) is 5.26 Å². The molecule has 0 N–H and O–H groups in total. The number of hydrogen-bond donors (Lipinski definition) is 0. The number of nitriles is 1. The van der Waals surface area contributed by atoms with E-state index in [2.05, 4.69) is 6.07 Å². The van der Waals surface area contributed by atoms with Crippen LogP contribution in [0.15, 0.2) is 0 Å². The van der Waals surface area contributed by atoms with Crippen molar-refractivity contribution in [2.75, 3.05) is 19.8 Å². The second-order valence-corrected chi connectivity index (χ2v) is 4.55. The molecule has 114 valence electrons. The Bertz CT molecular complexity index is 354. The molecule has 0 bridgehead atoms. The van der Waals surface area contributed by atoms with Crippen LogP contribution in [0.4, 0.5) is 4.79 Å². The minimum absolute atomic E-state index is 0.191. The van der Waals surface area contributed by atoms with Crippen LogP contribution in [0.5, 0.6) is 0 Å². The second kappa shape index (κ2) is 7.46. The summed E-state index contributed by atoms with van der Waals surface area (Å²) in [6, 6.07) is 2.09. The van der Waals surface area contributed by atoms with Gasteiger partial charge in [-0.25, -0.2) is 4.79 Å². The van der Waals surface area contributed by atoms with E-state index in [-0.39, 0.29) is 6.61 Å². The Morgan fingerprint density at radius 2 is 1.70 bits per heavy atom. The normalized spacial score (nSPS) is 24.7. The first-order chi connectivity index (χ1) is 9.59. The SMILES string of the molecule is CCOC(=O)OC1(C#N)CCCCC1(OCC)OCC. The van der Waals surface area contributed by atoms with E-state index in [0.717, 1.165) is 12.8 Å². The van der Waals surface area contributed by atoms with Crippen LogP contribution in [-0.4, -0.2) is 37.4 Å². The van der Waals surface area contributed by atoms with Crippen molar-refractivity contribution in [1.82, 2.24) is 0 Å². The van der Waals surface area contributed by atoms with Crippen molar-refractivity contribution in [3.63, 3.8) is 0 Å². The monoisotopic (exact) mass is 285 g/mol. The zero-order chi connectivity index (χ0) is 15.1. The molecule has 1 aliphatic rings. The maximum atomic E-state index is 11.7. The Hall–Kier alpha value is -1.32. The molecule has 1 saturated carbocycles. The van der Waals surface area contributed by atoms with Crippen molar-refractivity contribution < 1.29 is 23.7 Å². The zero-order valence-corrected chi connectivity index (χ0v) is 12.4. The molecule has 0 spiro atoms. The Kier molecular flexibility index (Phi) is 6.24. The van der Waals surface area contributed by atoms with Crippen LogP contribution in [-0.2, 0) is 18.9 Å². The average molecular weight is 285 g/mol. The summed E-state index contributed by atoms with van der Waals surface area (Å²) in [5.41, 5.74) is -1.45. The van der Waals surface area contributed by atoms with E-state index in [9.17, 15) is 10.1 Å². The summed E-state index contributed by atoms with van der Waals surface area (Å²) in [7, 11) is 0. The van der Waals surface area contributed by atoms with E-state index in [0.29, 0.717) is 26.1 Å². The van der Waals surface area contributed by atoms with Gasteiger partial charge in [0.05, 0.1) is 6.61 Å². The Morgan fingerprint density at radius 3 is 2.20 bits per heavy atom. The molecule has 0 aromatic rings. The summed E-state index contributed by atoms with van der Waals surface area (Å²) < 4.78 is 21.6. The molecule has 0 heterocycles. The van der Waals surface area contributed by atoms with Gasteiger partial charge in [0.1, 0.15) is 6.07 Å². The molecule has 6 nitrogen and oxygen atoms in total. The fraction of sp³-hybridized carbons (Fsp3) is 0.857. The van der Waals surface area contributed by atoms with E-state index in [1.807, 2.05) is 13.8 Å². The molecule has 0 amide bonds. The van der Waals surface area contributed by atoms with Gasteiger partial charge in [0.2, 0.25) is 5.79 Å². The lowest BCUT2D eigenvalue weighted by atomic mass is 9.79. The van der Waals surface area contributed by atoms with E-state index < -0.39 is 17.5 Å². The molecule has 1 fully saturated rings. The molecule has 0 radical (unpaired) electrons. The van der Waals surface area contributed by atoms with Gasteiger partial charge in [0, 0.05) is 26.1 Å². The maximum absolute atomic E-state index is 11.7. The predicted molar refractivity (Wildman–Crippen MR) is 70.9 cm³/mol. The number of hydrogen-bond acceptors (Lipinski definition) is 6. The minimum atomic E-state index is -1.45. The standard InChI is InChI=1S/C14H23NO5/c1-4-17-12(16)20-13(11-15)9-7-8-10-14(13,18-5-2)19-6-3/h4-10H2,1-3H3. The zero-order valence-electron chi connectivity index (χ0n) is 12.4. The Labute approximate surface area is 119 Å². The molecule has 0 saturated heterocycles. The van der Waals surface area contributed by atoms with Crippen molar-refractivity contribution in [3.05, 3.63) is 0 Å². The molecule has 20 heavy (non-hydrogen) atoms. The van der Waals surface area contributed by atoms with Gasteiger partial charge in [-0.1, -0.05) is 0 Å². The summed E-state index contributed by atoms with van der Waals surface area (Å²) in [5, 5.41) is 9.60. The molecule has 0 aliphatic heterocycles. The van der Waals surface area contributed by atoms with Crippen LogP contribution >= 0.6 is 0 Å². The lowest BCUT2D eigenvalue weighted by molar-refractivity contribution is -0.316. The first-order valence-corrected chi connectivity index (χ1v) is 7.14. The van der Waals surface area contributed by atoms with Crippen LogP contribution in [0, 0.1) is 11.3 Å². The predicted octanol–water partition coefficient (Wildman–Crippen LogP) is 2.77. The topological polar surface area (TPSA) is 77.8 Å². The van der Waals surface area contributed by atoms with Crippen LogP contribution in [0.1, 0.15) is 46.5 Å². The third-order valence-electron chi connectivity index (χ3n) is 3.36. The highest BCUT2D eigenvalue weighted by Gasteiger charge is 2.59. The van der Waals surface area contributed by atoms with Crippen LogP contribution in [0.25, 0.3) is 0 Å². The molecular weight excluding hydrogens is 262 g/mol. The van der Waals surface area contributed by atoms with Crippen molar-refractivity contribution >= 4 is 6.16 Å². The molecule has 1 atom stereocenters. The number of carbonyl (C=O) groups is 1. The first kappa shape index (κ1) is 16.7. The highest BCUT2D eigenvalue weighted by molar-refractivity contribution is 5.61. The highest BCUT2D eigenvalue weighted by atomic mass is 16.8. The van der Waals surface area contributed by atoms with Gasteiger partial charge < -0.3 is 18.9 Å². The van der Waals surface area contributed by atoms with Crippen LogP contribution in [0.2, 0.25) is 0 Å². The lowest BCUT2D eigenvalue weighted by Gasteiger charge is -2.46. The largest absolute Gasteiger partial charge is 0.510 e. The molecule has 1 unspecified atom stereocenters. The van der Waals surface area contributed by atoms with Crippen LogP contribution in [0.3, 0.4) is 0 Å². The fourth-order valence-electron chi connectivity index (χ4n) is 2.59. The molecular formula is C14H23NO5. The third-order valence-corrected chi connectivity index (χ3v) is 3.36. The average Bonchev–Trinajstić information content (AvgIpc) is 2.42.